The van der Waals surface area contributed by atoms with Gasteiger partial charge in [-0.15, -0.1) is 0 Å². The van der Waals surface area contributed by atoms with Crippen molar-refractivity contribution in [2.75, 3.05) is 0 Å². The molecule has 1 nitrogen and oxygen atoms in total. The van der Waals surface area contributed by atoms with Crippen molar-refractivity contribution in [3.8, 4) is 0 Å². The fraction of sp³-hybridized carbons (Fsp3) is 0.300. The van der Waals surface area contributed by atoms with Crippen molar-refractivity contribution in [2.45, 2.75) is 19.6 Å². The highest BCUT2D eigenvalue weighted by molar-refractivity contribution is 6.89. The van der Waals surface area contributed by atoms with Gasteiger partial charge in [0.25, 0.3) is 0 Å². The summed E-state index contributed by atoms with van der Waals surface area (Å²) in [6.07, 6.45) is 1.45. The largest absolute Gasteiger partial charge is 0.308 e. The summed E-state index contributed by atoms with van der Waals surface area (Å²) in [4.78, 5) is 0. The first-order chi connectivity index (χ1) is 5.55. The van der Waals surface area contributed by atoms with Crippen molar-refractivity contribution in [1.82, 2.24) is 0 Å². The molecule has 2 heteroatoms. The van der Waals surface area contributed by atoms with Crippen molar-refractivity contribution >= 4 is 19.5 Å². The van der Waals surface area contributed by atoms with Crippen LogP contribution in [0.15, 0.2) is 24.3 Å². The van der Waals surface area contributed by atoms with Gasteiger partial charge in [0.1, 0.15) is 0 Å². The maximum atomic E-state index is 7.26. The summed E-state index contributed by atoms with van der Waals surface area (Å²) >= 11 is 0. The number of hydrogen-bond acceptors (Lipinski definition) is 1. The normalized spacial score (nSPS) is 11.2. The number of hydrogen-bond donors (Lipinski definition) is 1. The summed E-state index contributed by atoms with van der Waals surface area (Å²) in [5.41, 5.74) is 1.08. The summed E-state index contributed by atoms with van der Waals surface area (Å²) in [5, 5.41) is 8.64. The highest BCUT2D eigenvalue weighted by atomic mass is 28.3. The van der Waals surface area contributed by atoms with E-state index < -0.39 is 8.07 Å². The van der Waals surface area contributed by atoms with Crippen molar-refractivity contribution < 1.29 is 0 Å². The van der Waals surface area contributed by atoms with E-state index in [4.69, 9.17) is 5.41 Å². The standard InChI is InChI=1S/C10H15NSi/c1-12(2,3)10-7-5-4-6-9(10)8-11/h4-8,11H,1-3H3. The average molecular weight is 177 g/mol. The van der Waals surface area contributed by atoms with Gasteiger partial charge in [-0.3, -0.25) is 0 Å². The van der Waals surface area contributed by atoms with Crippen LogP contribution in [-0.4, -0.2) is 14.3 Å². The van der Waals surface area contributed by atoms with E-state index in [1.165, 1.54) is 11.4 Å². The molecule has 0 bridgehead atoms. The van der Waals surface area contributed by atoms with Crippen LogP contribution in [0.1, 0.15) is 5.56 Å². The summed E-state index contributed by atoms with van der Waals surface area (Å²) in [7, 11) is -1.25. The third kappa shape index (κ3) is 1.83. The number of rotatable bonds is 2. The second-order valence-corrected chi connectivity index (χ2v) is 9.02. The summed E-state index contributed by atoms with van der Waals surface area (Å²) < 4.78 is 0. The molecular weight excluding hydrogens is 162 g/mol. The van der Waals surface area contributed by atoms with Crippen molar-refractivity contribution in [3.63, 3.8) is 0 Å². The van der Waals surface area contributed by atoms with Crippen molar-refractivity contribution in [2.24, 2.45) is 0 Å². The third-order valence-electron chi connectivity index (χ3n) is 1.92. The third-order valence-corrected chi connectivity index (χ3v) is 4.00. The molecule has 1 N–H and O–H groups in total. The molecular formula is C10H15NSi. The van der Waals surface area contributed by atoms with Gasteiger partial charge in [-0.05, 0) is 5.56 Å². The smallest absolute Gasteiger partial charge is 0.0784 e. The van der Waals surface area contributed by atoms with E-state index >= 15 is 0 Å². The molecule has 0 heterocycles. The van der Waals surface area contributed by atoms with Gasteiger partial charge in [-0.1, -0.05) is 49.1 Å². The molecule has 1 aromatic carbocycles. The van der Waals surface area contributed by atoms with Gasteiger partial charge in [0.15, 0.2) is 0 Å². The molecule has 64 valence electrons. The second-order valence-electron chi connectivity index (χ2n) is 3.98. The predicted molar refractivity (Wildman–Crippen MR) is 57.3 cm³/mol. The van der Waals surface area contributed by atoms with Gasteiger partial charge in [0, 0.05) is 6.21 Å². The fourth-order valence-corrected chi connectivity index (χ4v) is 2.92. The Morgan fingerprint density at radius 2 is 1.75 bits per heavy atom. The molecule has 0 radical (unpaired) electrons. The van der Waals surface area contributed by atoms with Crippen LogP contribution >= 0.6 is 0 Å². The molecule has 0 aliphatic heterocycles. The van der Waals surface area contributed by atoms with Crippen LogP contribution < -0.4 is 5.19 Å². The Morgan fingerprint density at radius 1 is 1.17 bits per heavy atom. The molecule has 0 aliphatic rings. The van der Waals surface area contributed by atoms with E-state index in [0.29, 0.717) is 0 Å². The second kappa shape index (κ2) is 3.23. The minimum Gasteiger partial charge on any atom is -0.308 e. The lowest BCUT2D eigenvalue weighted by molar-refractivity contribution is 1.54. The number of benzene rings is 1. The Kier molecular flexibility index (Phi) is 2.48. The van der Waals surface area contributed by atoms with Crippen LogP contribution in [0.25, 0.3) is 0 Å². The Labute approximate surface area is 75.0 Å². The molecule has 0 fully saturated rings. The van der Waals surface area contributed by atoms with Crippen LogP contribution in [0, 0.1) is 5.41 Å². The lowest BCUT2D eigenvalue weighted by atomic mass is 10.2. The molecule has 0 unspecified atom stereocenters. The van der Waals surface area contributed by atoms with Gasteiger partial charge < -0.3 is 5.41 Å². The van der Waals surface area contributed by atoms with Crippen LogP contribution in [0.5, 0.6) is 0 Å². The summed E-state index contributed by atoms with van der Waals surface area (Å²) in [6.45, 7) is 6.90. The first kappa shape index (κ1) is 9.20. The van der Waals surface area contributed by atoms with Gasteiger partial charge in [-0.25, -0.2) is 0 Å². The fourth-order valence-electron chi connectivity index (χ4n) is 1.31. The Balaban J connectivity index is 3.23. The van der Waals surface area contributed by atoms with Crippen LogP contribution in [0.4, 0.5) is 0 Å². The van der Waals surface area contributed by atoms with E-state index in [0.717, 1.165) is 5.56 Å². The minimum atomic E-state index is -1.25. The molecule has 0 saturated carbocycles. The van der Waals surface area contributed by atoms with Crippen molar-refractivity contribution in [1.29, 1.82) is 5.41 Å². The molecule has 0 atom stereocenters. The zero-order chi connectivity index (χ0) is 9.19. The van der Waals surface area contributed by atoms with Crippen LogP contribution in [0.2, 0.25) is 19.6 Å². The number of nitrogens with one attached hydrogen (secondary N) is 1. The van der Waals surface area contributed by atoms with E-state index in [2.05, 4.69) is 31.8 Å². The van der Waals surface area contributed by atoms with Crippen LogP contribution in [-0.2, 0) is 0 Å². The lowest BCUT2D eigenvalue weighted by Crippen LogP contribution is -2.39. The molecule has 12 heavy (non-hydrogen) atoms. The Bertz CT molecular complexity index is 286. The van der Waals surface area contributed by atoms with Gasteiger partial charge in [0.05, 0.1) is 8.07 Å². The molecule has 0 saturated heterocycles. The van der Waals surface area contributed by atoms with E-state index in [-0.39, 0.29) is 0 Å². The predicted octanol–water partition coefficient (Wildman–Crippen LogP) is 2.23. The maximum Gasteiger partial charge on any atom is 0.0784 e. The zero-order valence-corrected chi connectivity index (χ0v) is 8.89. The first-order valence-corrected chi connectivity index (χ1v) is 7.65. The van der Waals surface area contributed by atoms with Gasteiger partial charge in [-0.2, -0.15) is 0 Å². The van der Waals surface area contributed by atoms with E-state index in [1.807, 2.05) is 12.1 Å². The average Bonchev–Trinajstić information content (AvgIpc) is 2.03. The SMILES string of the molecule is C[Si](C)(C)c1ccccc1C=N. The molecule has 1 rings (SSSR count). The molecule has 0 spiro atoms. The molecule has 0 amide bonds. The van der Waals surface area contributed by atoms with E-state index in [1.54, 1.807) is 0 Å². The molecule has 1 aromatic rings. The minimum absolute atomic E-state index is 1.08. The first-order valence-electron chi connectivity index (χ1n) is 4.15. The van der Waals surface area contributed by atoms with Crippen molar-refractivity contribution in [3.05, 3.63) is 29.8 Å². The molecule has 0 aliphatic carbocycles. The van der Waals surface area contributed by atoms with E-state index in [9.17, 15) is 0 Å². The summed E-state index contributed by atoms with van der Waals surface area (Å²) in [6, 6.07) is 8.21. The Hall–Kier alpha value is -0.893. The van der Waals surface area contributed by atoms with Gasteiger partial charge >= 0.3 is 0 Å². The Morgan fingerprint density at radius 3 is 2.17 bits per heavy atom. The highest BCUT2D eigenvalue weighted by Gasteiger charge is 2.18. The van der Waals surface area contributed by atoms with Crippen LogP contribution in [0.3, 0.4) is 0 Å². The monoisotopic (exact) mass is 177 g/mol. The lowest BCUT2D eigenvalue weighted by Gasteiger charge is -2.18. The highest BCUT2D eigenvalue weighted by Crippen LogP contribution is 2.04. The zero-order valence-electron chi connectivity index (χ0n) is 7.89. The quantitative estimate of drug-likeness (QED) is 0.529. The summed E-state index contributed by atoms with van der Waals surface area (Å²) in [5.74, 6) is 0. The maximum absolute atomic E-state index is 7.26. The molecule has 0 aromatic heterocycles. The van der Waals surface area contributed by atoms with Gasteiger partial charge in [0.2, 0.25) is 0 Å². The topological polar surface area (TPSA) is 23.9 Å².